The van der Waals surface area contributed by atoms with Gasteiger partial charge in [0.25, 0.3) is 0 Å². The summed E-state index contributed by atoms with van der Waals surface area (Å²) in [6, 6.07) is 11.8. The molecular weight excluding hydrogens is 367 g/mol. The molecule has 0 spiro atoms. The van der Waals surface area contributed by atoms with E-state index in [4.69, 9.17) is 0 Å². The van der Waals surface area contributed by atoms with Gasteiger partial charge in [0.1, 0.15) is 0 Å². The number of hydrogen-bond donors (Lipinski definition) is 2. The number of carbonyl (C=O) groups is 1. The van der Waals surface area contributed by atoms with Gasteiger partial charge in [-0.2, -0.15) is 13.2 Å². The lowest BCUT2D eigenvalue weighted by atomic mass is 10.1. The average molecular weight is 389 g/mol. The summed E-state index contributed by atoms with van der Waals surface area (Å²) < 4.78 is 40.1. The average Bonchev–Trinajstić information content (AvgIpc) is 3.04. The number of anilines is 2. The zero-order valence-corrected chi connectivity index (χ0v) is 15.7. The van der Waals surface area contributed by atoms with Crippen molar-refractivity contribution in [3.05, 3.63) is 59.8 Å². The zero-order valence-electron chi connectivity index (χ0n) is 15.7. The number of carbonyl (C=O) groups excluding carboxylic acids is 1. The second-order valence-electron chi connectivity index (χ2n) is 6.88. The van der Waals surface area contributed by atoms with Crippen molar-refractivity contribution in [2.45, 2.75) is 25.4 Å². The van der Waals surface area contributed by atoms with Crippen molar-refractivity contribution in [1.82, 2.24) is 4.98 Å². The number of fused-ring (bicyclic) bond motifs is 1. The number of halogens is 3. The SMILES string of the molecule is CN(C)c1ccc(NC(=O)CCCc2c[nH]c3ccccc23)c(C(F)(F)F)c1. The van der Waals surface area contributed by atoms with Crippen LogP contribution in [0.3, 0.4) is 0 Å². The Hall–Kier alpha value is -2.96. The summed E-state index contributed by atoms with van der Waals surface area (Å²) in [4.78, 5) is 17.0. The van der Waals surface area contributed by atoms with Gasteiger partial charge in [-0.25, -0.2) is 0 Å². The molecule has 0 unspecified atom stereocenters. The van der Waals surface area contributed by atoms with Gasteiger partial charge in [0.05, 0.1) is 11.3 Å². The molecule has 0 fully saturated rings. The highest BCUT2D eigenvalue weighted by atomic mass is 19.4. The number of amides is 1. The number of H-pyrrole nitrogens is 1. The van der Waals surface area contributed by atoms with Crippen LogP contribution in [-0.2, 0) is 17.4 Å². The van der Waals surface area contributed by atoms with Gasteiger partial charge >= 0.3 is 6.18 Å². The predicted octanol–water partition coefficient (Wildman–Crippen LogP) is 5.21. The standard InChI is InChI=1S/C21H22F3N3O/c1-27(2)15-10-11-19(17(12-15)21(22,23)24)26-20(28)9-5-6-14-13-25-18-8-4-3-7-16(14)18/h3-4,7-8,10-13,25H,5-6,9H2,1-2H3,(H,26,28). The summed E-state index contributed by atoms with van der Waals surface area (Å²) in [7, 11) is 3.33. The van der Waals surface area contributed by atoms with Crippen molar-refractivity contribution in [3.8, 4) is 0 Å². The molecule has 1 amide bonds. The molecule has 1 aromatic heterocycles. The lowest BCUT2D eigenvalue weighted by Gasteiger charge is -2.18. The van der Waals surface area contributed by atoms with E-state index in [1.54, 1.807) is 25.1 Å². The number of nitrogens with one attached hydrogen (secondary N) is 2. The van der Waals surface area contributed by atoms with Crippen LogP contribution in [0.2, 0.25) is 0 Å². The van der Waals surface area contributed by atoms with Crippen LogP contribution in [0.5, 0.6) is 0 Å². The van der Waals surface area contributed by atoms with E-state index < -0.39 is 17.6 Å². The van der Waals surface area contributed by atoms with Gasteiger partial charge in [0, 0.05) is 43.3 Å². The number of alkyl halides is 3. The number of rotatable bonds is 6. The minimum atomic E-state index is -4.54. The van der Waals surface area contributed by atoms with Crippen LogP contribution >= 0.6 is 0 Å². The molecule has 0 aliphatic rings. The fourth-order valence-corrected chi connectivity index (χ4v) is 3.14. The highest BCUT2D eigenvalue weighted by molar-refractivity contribution is 5.92. The Bertz CT molecular complexity index is 976. The van der Waals surface area contributed by atoms with Crippen molar-refractivity contribution < 1.29 is 18.0 Å². The van der Waals surface area contributed by atoms with Gasteiger partial charge in [-0.1, -0.05) is 18.2 Å². The quantitative estimate of drug-likeness (QED) is 0.608. The Morgan fingerprint density at radius 2 is 1.89 bits per heavy atom. The lowest BCUT2D eigenvalue weighted by Crippen LogP contribution is -2.18. The van der Waals surface area contributed by atoms with Crippen molar-refractivity contribution in [2.24, 2.45) is 0 Å². The van der Waals surface area contributed by atoms with Crippen molar-refractivity contribution in [3.63, 3.8) is 0 Å². The first-order valence-corrected chi connectivity index (χ1v) is 8.99. The molecular formula is C21H22F3N3O. The lowest BCUT2D eigenvalue weighted by molar-refractivity contribution is -0.136. The number of aromatic amines is 1. The van der Waals surface area contributed by atoms with Crippen LogP contribution in [0, 0.1) is 0 Å². The van der Waals surface area contributed by atoms with Crippen LogP contribution in [-0.4, -0.2) is 25.0 Å². The first kappa shape index (κ1) is 19.8. The van der Waals surface area contributed by atoms with E-state index in [0.29, 0.717) is 18.5 Å². The maximum Gasteiger partial charge on any atom is 0.418 e. The minimum Gasteiger partial charge on any atom is -0.378 e. The Labute approximate surface area is 161 Å². The number of benzene rings is 2. The van der Waals surface area contributed by atoms with Crippen molar-refractivity contribution >= 4 is 28.2 Å². The van der Waals surface area contributed by atoms with Gasteiger partial charge in [0.15, 0.2) is 0 Å². The van der Waals surface area contributed by atoms with Crippen LogP contribution in [0.4, 0.5) is 24.5 Å². The molecule has 0 aliphatic heterocycles. The van der Waals surface area contributed by atoms with E-state index in [1.807, 2.05) is 30.5 Å². The Kier molecular flexibility index (Phi) is 5.63. The Morgan fingerprint density at radius 1 is 1.14 bits per heavy atom. The van der Waals surface area contributed by atoms with Crippen LogP contribution in [0.15, 0.2) is 48.7 Å². The van der Waals surface area contributed by atoms with Crippen molar-refractivity contribution in [1.29, 1.82) is 0 Å². The number of para-hydroxylation sites is 1. The second-order valence-corrected chi connectivity index (χ2v) is 6.88. The van der Waals surface area contributed by atoms with E-state index in [-0.39, 0.29) is 12.1 Å². The van der Waals surface area contributed by atoms with Gasteiger partial charge < -0.3 is 15.2 Å². The first-order valence-electron chi connectivity index (χ1n) is 8.99. The fraction of sp³-hybridized carbons (Fsp3) is 0.286. The van der Waals surface area contributed by atoms with E-state index in [0.717, 1.165) is 22.5 Å². The maximum absolute atomic E-state index is 13.4. The molecule has 148 valence electrons. The molecule has 0 aliphatic carbocycles. The molecule has 0 saturated heterocycles. The third-order valence-corrected chi connectivity index (χ3v) is 4.62. The molecule has 0 saturated carbocycles. The highest BCUT2D eigenvalue weighted by Crippen LogP contribution is 2.37. The third-order valence-electron chi connectivity index (χ3n) is 4.62. The molecule has 3 rings (SSSR count). The summed E-state index contributed by atoms with van der Waals surface area (Å²) in [6.45, 7) is 0. The summed E-state index contributed by atoms with van der Waals surface area (Å²) in [5.41, 5.74) is 1.48. The topological polar surface area (TPSA) is 48.1 Å². The monoisotopic (exact) mass is 389 g/mol. The number of aryl methyl sites for hydroxylation is 1. The molecule has 2 N–H and O–H groups in total. The molecule has 3 aromatic rings. The summed E-state index contributed by atoms with van der Waals surface area (Å²) in [6.07, 6.45) is -1.27. The second kappa shape index (κ2) is 7.96. The van der Waals surface area contributed by atoms with Crippen LogP contribution in [0.1, 0.15) is 24.0 Å². The number of aromatic nitrogens is 1. The fourth-order valence-electron chi connectivity index (χ4n) is 3.14. The molecule has 7 heteroatoms. The summed E-state index contributed by atoms with van der Waals surface area (Å²) in [5.74, 6) is -0.428. The smallest absolute Gasteiger partial charge is 0.378 e. The van der Waals surface area contributed by atoms with Gasteiger partial charge in [-0.15, -0.1) is 0 Å². The molecule has 1 heterocycles. The third kappa shape index (κ3) is 4.47. The molecule has 28 heavy (non-hydrogen) atoms. The summed E-state index contributed by atoms with van der Waals surface area (Å²) >= 11 is 0. The van der Waals surface area contributed by atoms with E-state index in [1.165, 1.54) is 6.07 Å². The Balaban J connectivity index is 1.64. The normalized spacial score (nSPS) is 11.6. The molecule has 4 nitrogen and oxygen atoms in total. The molecule has 0 atom stereocenters. The number of hydrogen-bond acceptors (Lipinski definition) is 2. The largest absolute Gasteiger partial charge is 0.418 e. The van der Waals surface area contributed by atoms with Crippen LogP contribution in [0.25, 0.3) is 10.9 Å². The Morgan fingerprint density at radius 3 is 2.61 bits per heavy atom. The maximum atomic E-state index is 13.4. The molecule has 2 aromatic carbocycles. The van der Waals surface area contributed by atoms with Gasteiger partial charge in [0.2, 0.25) is 5.91 Å². The minimum absolute atomic E-state index is 0.145. The molecule has 0 bridgehead atoms. The van der Waals surface area contributed by atoms with E-state index in [9.17, 15) is 18.0 Å². The first-order chi connectivity index (χ1) is 13.3. The zero-order chi connectivity index (χ0) is 20.3. The number of nitrogens with zero attached hydrogens (tertiary/aromatic N) is 1. The highest BCUT2D eigenvalue weighted by Gasteiger charge is 2.34. The summed E-state index contributed by atoms with van der Waals surface area (Å²) in [5, 5.41) is 3.51. The van der Waals surface area contributed by atoms with Crippen molar-refractivity contribution in [2.75, 3.05) is 24.3 Å². The van der Waals surface area contributed by atoms with Crippen LogP contribution < -0.4 is 10.2 Å². The van der Waals surface area contributed by atoms with Gasteiger partial charge in [-0.3, -0.25) is 4.79 Å². The van der Waals surface area contributed by atoms with Gasteiger partial charge in [-0.05, 0) is 42.7 Å². The van der Waals surface area contributed by atoms with E-state index >= 15 is 0 Å². The van der Waals surface area contributed by atoms with E-state index in [2.05, 4.69) is 10.3 Å². The molecule has 0 radical (unpaired) electrons. The predicted molar refractivity (Wildman–Crippen MR) is 106 cm³/mol.